The number of carbonyl (C=O) groups is 4. The number of ether oxygens (including phenoxy) is 8. The molecule has 3 saturated heterocycles. The number of aliphatic hydroxyl groups excluding tert-OH is 1. The van der Waals surface area contributed by atoms with Gasteiger partial charge in [-0.2, -0.15) is 39.5 Å². The molecule has 3 aliphatic heterocycles. The minimum Gasteiger partial charge on any atom is -0.495 e. The number of hydrogen-bond acceptors (Lipinski definition) is 25. The number of terminal acetylenes is 1. The molecule has 3 aliphatic rings. The van der Waals surface area contributed by atoms with Crippen molar-refractivity contribution in [2.45, 2.75) is 178 Å². The molecule has 0 bridgehead atoms. The smallest absolute Gasteiger partial charge is 0.406 e. The number of esters is 4. The molecular formula is C95H126F9I2N11O17S2. The number of benzene rings is 5. The number of nitrogens with one attached hydrogen (secondary N) is 5. The number of fused-ring (bicyclic) bond motifs is 3. The van der Waals surface area contributed by atoms with E-state index in [1.807, 2.05) is 77.2 Å². The van der Waals surface area contributed by atoms with Gasteiger partial charge in [0.1, 0.15) is 43.3 Å². The van der Waals surface area contributed by atoms with Gasteiger partial charge in [0.25, 0.3) is 0 Å². The third-order valence-corrected chi connectivity index (χ3v) is 25.9. The number of β-amino-alcohol motifs (C(OH)–C–C–N with tert-alkyl or cyclic N) is 1. The molecular weight excluding hydrogens is 2060 g/mol. The van der Waals surface area contributed by atoms with Crippen LogP contribution in [0, 0.1) is 55.3 Å². The molecule has 136 heavy (non-hydrogen) atoms. The lowest BCUT2D eigenvalue weighted by Crippen LogP contribution is -2.44. The fraction of sp³-hybridized carbons (Fsp3) is 0.537. The molecule has 6 N–H and O–H groups in total. The van der Waals surface area contributed by atoms with Crippen LogP contribution < -0.4 is 36.1 Å². The van der Waals surface area contributed by atoms with Crippen molar-refractivity contribution in [3.05, 3.63) is 122 Å². The molecule has 8 aromatic rings. The number of piperidine rings is 3. The van der Waals surface area contributed by atoms with Gasteiger partial charge in [-0.25, -0.2) is 16.8 Å². The Morgan fingerprint density at radius 3 is 1.11 bits per heavy atom. The highest BCUT2D eigenvalue weighted by Crippen LogP contribution is 2.38. The Kier molecular flexibility index (Phi) is 44.7. The van der Waals surface area contributed by atoms with E-state index in [4.69, 9.17) is 39.6 Å². The highest BCUT2D eigenvalue weighted by Gasteiger charge is 2.35. The average molecular weight is 2180 g/mol. The largest absolute Gasteiger partial charge is 0.495 e. The summed E-state index contributed by atoms with van der Waals surface area (Å²) in [6.45, 7) is 18.9. The first-order chi connectivity index (χ1) is 63.9. The number of hydrogen-bond donors (Lipinski definition) is 6. The number of alkyl halides is 9. The average Bonchev–Trinajstić information content (AvgIpc) is 1.63. The highest BCUT2D eigenvalue weighted by atomic mass is 127. The lowest BCUT2D eigenvalue weighted by molar-refractivity contribution is -0.164. The van der Waals surface area contributed by atoms with E-state index in [2.05, 4.69) is 63.8 Å². The van der Waals surface area contributed by atoms with Crippen LogP contribution in [-0.2, 0) is 86.9 Å². The number of halogens is 11. The minimum absolute atomic E-state index is 0.0771. The molecule has 3 aromatic heterocycles. The maximum absolute atomic E-state index is 13.7. The Morgan fingerprint density at radius 1 is 0.456 bits per heavy atom. The zero-order chi connectivity index (χ0) is 101. The van der Waals surface area contributed by atoms with Crippen LogP contribution in [0.25, 0.3) is 32.7 Å². The Hall–Kier alpha value is -9.03. The van der Waals surface area contributed by atoms with Gasteiger partial charge in [-0.15, -0.1) is 6.42 Å². The summed E-state index contributed by atoms with van der Waals surface area (Å²) in [7, 11) is 0.973. The van der Waals surface area contributed by atoms with Crippen molar-refractivity contribution in [1.29, 1.82) is 0 Å². The Balaban J connectivity index is 0.000000250. The maximum atomic E-state index is 13.7. The van der Waals surface area contributed by atoms with Crippen LogP contribution in [0.3, 0.4) is 0 Å². The summed E-state index contributed by atoms with van der Waals surface area (Å²) in [5, 5.41) is 28.7. The van der Waals surface area contributed by atoms with Crippen molar-refractivity contribution in [1.82, 2.24) is 28.4 Å². The molecule has 28 nitrogen and oxygen atoms in total. The topological polar surface area (TPSA) is 315 Å². The van der Waals surface area contributed by atoms with Crippen molar-refractivity contribution in [3.8, 4) is 35.7 Å². The Labute approximate surface area is 817 Å². The first-order valence-corrected chi connectivity index (χ1v) is 50.2. The minimum atomic E-state index is -4.46. The van der Waals surface area contributed by atoms with Crippen molar-refractivity contribution in [2.75, 3.05) is 166 Å². The summed E-state index contributed by atoms with van der Waals surface area (Å²) in [4.78, 5) is 52.7. The zero-order valence-electron chi connectivity index (χ0n) is 79.1. The number of likely N-dealkylation sites (tertiary alicyclic amines) is 3. The van der Waals surface area contributed by atoms with E-state index in [0.29, 0.717) is 98.2 Å². The molecule has 3 fully saturated rings. The molecule has 0 unspecified atom stereocenters. The number of methoxy groups -OCH3 is 5. The summed E-state index contributed by atoms with van der Waals surface area (Å²) < 4.78 is 212. The summed E-state index contributed by atoms with van der Waals surface area (Å²) >= 11 is 3.91. The standard InChI is InChI=1S/C34H43F3N4O6S.C23H31F3IN3O3.C19H25F3IN3O2.C11H13NO3S.C8H14O3/c1-23(2)33(42)47-26(21-45-3)20-40-16-13-24(14-17-40)39-29-9-6-10-31-28(29)18-25(41(31)22-34(35,36)37)8-7-15-38-30-12-11-27(48(5,43)44)19-32(30)46-4;1-15(2)22(31)33-17(13-32-3)12-29-9-7-16(8-10-29)28-19-5-4-6-20-18(19)11-21(27)30(20)14-23(24,25)26;1-28-11-14(27)10-25-7-5-13(6-8-25)24-16-3-2-4-17-15(16)9-18(23)26(17)12-19(20,21)22;1-4-7-12-10-6-5-9(16(3,13)14)8-11(10)15-2;1-5(2)7(9)11-8(10)6(3)4/h6,9-12,18-19,23-24,26,38-39H,13-17,20-22H2,1-5H3;4-6,11,15-17,28H,7-10,12-14H2,1-3H3;2-4,9,13-14,24,27H,5-8,10-12H2,1H3;1,5-6,8,12H,7H2,2-3H3;5-6H,1-4H3/t26-;17-;14-;;/m000../s1. The molecule has 41 heteroatoms. The van der Waals surface area contributed by atoms with Gasteiger partial charge in [0.05, 0.1) is 128 Å². The second-order valence-corrected chi connectivity index (χ2v) is 40.7. The number of carbonyl (C=O) groups excluding carboxylic acids is 4. The van der Waals surface area contributed by atoms with Gasteiger partial charge in [-0.1, -0.05) is 85.4 Å². The van der Waals surface area contributed by atoms with Crippen LogP contribution in [0.2, 0.25) is 0 Å². The fourth-order valence-electron chi connectivity index (χ4n) is 14.9. The molecule has 3 atom stereocenters. The lowest BCUT2D eigenvalue weighted by atomic mass is 10.0. The van der Waals surface area contributed by atoms with Crippen LogP contribution in [0.15, 0.2) is 119 Å². The lowest BCUT2D eigenvalue weighted by Gasteiger charge is -2.34. The van der Waals surface area contributed by atoms with Gasteiger partial charge in [-0.3, -0.25) is 29.0 Å². The monoisotopic (exact) mass is 2180 g/mol. The number of anilines is 5. The van der Waals surface area contributed by atoms with E-state index in [0.717, 1.165) is 118 Å². The Morgan fingerprint density at radius 2 is 0.787 bits per heavy atom. The van der Waals surface area contributed by atoms with E-state index >= 15 is 0 Å². The molecule has 0 saturated carbocycles. The molecule has 11 rings (SSSR count). The highest BCUT2D eigenvalue weighted by molar-refractivity contribution is 14.1. The predicted octanol–water partition coefficient (Wildman–Crippen LogP) is 16.3. The van der Waals surface area contributed by atoms with Gasteiger partial charge >= 0.3 is 42.4 Å². The zero-order valence-corrected chi connectivity index (χ0v) is 85.1. The summed E-state index contributed by atoms with van der Waals surface area (Å²) in [5.74, 6) is 6.68. The van der Waals surface area contributed by atoms with Crippen molar-refractivity contribution in [3.63, 3.8) is 0 Å². The first-order valence-electron chi connectivity index (χ1n) is 44.3. The fourth-order valence-corrected chi connectivity index (χ4v) is 17.7. The van der Waals surface area contributed by atoms with Crippen LogP contribution in [0.5, 0.6) is 11.5 Å². The van der Waals surface area contributed by atoms with Gasteiger partial charge < -0.3 is 88.2 Å². The van der Waals surface area contributed by atoms with Crippen LogP contribution in [0.1, 0.15) is 99.6 Å². The first kappa shape index (κ1) is 114. The van der Waals surface area contributed by atoms with Gasteiger partial charge in [-0.05, 0) is 168 Å². The third kappa shape index (κ3) is 37.0. The van der Waals surface area contributed by atoms with Crippen LogP contribution >= 0.6 is 45.2 Å². The van der Waals surface area contributed by atoms with Crippen molar-refractivity contribution in [2.24, 2.45) is 23.7 Å². The number of sulfone groups is 2. The predicted molar refractivity (Wildman–Crippen MR) is 525 cm³/mol. The number of aromatic nitrogens is 3. The quantitative estimate of drug-likeness (QED) is 0.00537. The number of rotatable bonds is 35. The molecule has 0 aliphatic carbocycles. The van der Waals surface area contributed by atoms with Crippen LogP contribution in [-0.4, -0.2) is 269 Å². The molecule has 752 valence electrons. The summed E-state index contributed by atoms with van der Waals surface area (Å²) in [5.41, 5.74) is 5.42. The Bertz CT molecular complexity index is 5560. The van der Waals surface area contributed by atoms with Gasteiger partial charge in [0, 0.05) is 156 Å². The van der Waals surface area contributed by atoms with Crippen LogP contribution in [0.4, 0.5) is 68.0 Å². The van der Waals surface area contributed by atoms with E-state index in [9.17, 15) is 80.6 Å². The maximum Gasteiger partial charge on any atom is 0.406 e. The normalized spacial score (nSPS) is 15.2. The second kappa shape index (κ2) is 53.4. The van der Waals surface area contributed by atoms with E-state index in [1.54, 1.807) is 130 Å². The SMILES string of the molecule is C#CCNc1ccc(S(C)(=O)=O)cc1OC.CC(C)C(=O)OC(=O)C(C)C.COC[C@@H](O)CN1CCC(Nc2cccc3c2cc(I)n3CC(F)(F)F)CC1.COC[C@H](CN1CCC(Nc2cccc3c2cc(C#CCNc2ccc(S(C)(=O)=O)cc2OC)n3CC(F)(F)F)CC1)OC(=O)C(C)C.COC[C@H](CN1CCC(Nc2cccc3c2cc(I)n3CC(F)(F)F)CC1)OC(=O)C(C)C. The third-order valence-electron chi connectivity index (χ3n) is 21.9. The molecule has 5 aromatic carbocycles. The number of aliphatic hydroxyl groups is 1. The second-order valence-electron chi connectivity index (χ2n) is 34.4. The molecule has 0 spiro atoms. The molecule has 0 radical (unpaired) electrons. The van der Waals surface area contributed by atoms with Gasteiger partial charge in [0.2, 0.25) is 0 Å². The van der Waals surface area contributed by atoms with Crippen molar-refractivity contribution < 1.29 is 119 Å². The molecule has 0 amide bonds. The summed E-state index contributed by atoms with van der Waals surface area (Å²) in [6, 6.07) is 31.0. The number of nitrogens with zero attached hydrogens (tertiary/aromatic N) is 6. The summed E-state index contributed by atoms with van der Waals surface area (Å²) in [6.07, 6.45) is -1.60. The van der Waals surface area contributed by atoms with Crippen molar-refractivity contribution >= 4 is 150 Å². The van der Waals surface area contributed by atoms with Gasteiger partial charge in [0.15, 0.2) is 19.7 Å². The van der Waals surface area contributed by atoms with E-state index < -0.39 is 75.9 Å². The molecule has 6 heterocycles. The van der Waals surface area contributed by atoms with E-state index in [1.165, 1.54) is 52.2 Å². The van der Waals surface area contributed by atoms with E-state index in [-0.39, 0.29) is 88.0 Å².